The largest absolute Gasteiger partial charge is 0.466 e. The smallest absolute Gasteiger partial charge is 0.311 e. The van der Waals surface area contributed by atoms with E-state index in [0.29, 0.717) is 6.61 Å². The van der Waals surface area contributed by atoms with Gasteiger partial charge in [0.25, 0.3) is 0 Å². The summed E-state index contributed by atoms with van der Waals surface area (Å²) in [5, 5.41) is 0. The Morgan fingerprint density at radius 1 is 1.24 bits per heavy atom. The Balaban J connectivity index is 2.66. The molecule has 0 aliphatic carbocycles. The second-order valence-corrected chi connectivity index (χ2v) is 6.27. The summed E-state index contributed by atoms with van der Waals surface area (Å²) < 4.78 is 5.08. The molecule has 0 radical (unpaired) electrons. The number of amides is 2. The Morgan fingerprint density at radius 3 is 2.48 bits per heavy atom. The van der Waals surface area contributed by atoms with Gasteiger partial charge in [-0.2, -0.15) is 0 Å². The Hall–Kier alpha value is -1.24. The number of esters is 1. The lowest BCUT2D eigenvalue weighted by atomic mass is 9.86. The maximum absolute atomic E-state index is 12.3. The fourth-order valence-electron chi connectivity index (χ4n) is 2.75. The summed E-state index contributed by atoms with van der Waals surface area (Å²) in [6.45, 7) is 5.99. The standard InChI is InChI=1S/C14H24N2O4S/c1-4-20-14(19)11-6-5-9(2)16(10(11)3)13(18)8-21-7-12(15)17/h9-11H,4-8H2,1-3H3,(H2,15,17)/t9-,10+,11+/m0/s1. The number of carbonyl (C=O) groups excluding carboxylic acids is 3. The summed E-state index contributed by atoms with van der Waals surface area (Å²) in [7, 11) is 0. The van der Waals surface area contributed by atoms with E-state index >= 15 is 0 Å². The maximum Gasteiger partial charge on any atom is 0.311 e. The van der Waals surface area contributed by atoms with Gasteiger partial charge in [0.1, 0.15) is 0 Å². The van der Waals surface area contributed by atoms with E-state index in [9.17, 15) is 14.4 Å². The molecule has 6 nitrogen and oxygen atoms in total. The molecule has 0 bridgehead atoms. The van der Waals surface area contributed by atoms with Gasteiger partial charge >= 0.3 is 5.97 Å². The van der Waals surface area contributed by atoms with Crippen LogP contribution in [0.1, 0.15) is 33.6 Å². The lowest BCUT2D eigenvalue weighted by Gasteiger charge is -2.42. The van der Waals surface area contributed by atoms with Crippen LogP contribution >= 0.6 is 11.8 Å². The Morgan fingerprint density at radius 2 is 1.90 bits per heavy atom. The van der Waals surface area contributed by atoms with Gasteiger partial charge in [-0.05, 0) is 33.6 Å². The van der Waals surface area contributed by atoms with Crippen molar-refractivity contribution in [2.75, 3.05) is 18.1 Å². The van der Waals surface area contributed by atoms with Crippen LogP contribution in [0, 0.1) is 5.92 Å². The number of ether oxygens (including phenoxy) is 1. The summed E-state index contributed by atoms with van der Waals surface area (Å²) in [4.78, 5) is 36.8. The first kappa shape index (κ1) is 17.8. The van der Waals surface area contributed by atoms with Crippen molar-refractivity contribution in [3.63, 3.8) is 0 Å². The SMILES string of the molecule is CCOC(=O)[C@@H]1CC[C@H](C)N(C(=O)CSCC(N)=O)[C@@H]1C. The molecule has 1 heterocycles. The Bertz CT molecular complexity index is 402. The molecule has 3 atom stereocenters. The van der Waals surface area contributed by atoms with E-state index < -0.39 is 5.91 Å². The van der Waals surface area contributed by atoms with Crippen molar-refractivity contribution in [2.45, 2.75) is 45.7 Å². The van der Waals surface area contributed by atoms with E-state index in [2.05, 4.69) is 0 Å². The van der Waals surface area contributed by atoms with Gasteiger partial charge in [-0.3, -0.25) is 14.4 Å². The van der Waals surface area contributed by atoms with Crippen molar-refractivity contribution >= 4 is 29.5 Å². The number of primary amides is 1. The van der Waals surface area contributed by atoms with Gasteiger partial charge in [0.2, 0.25) is 11.8 Å². The minimum Gasteiger partial charge on any atom is -0.466 e. The molecule has 1 rings (SSSR count). The van der Waals surface area contributed by atoms with Crippen LogP contribution in [0.4, 0.5) is 0 Å². The third-order valence-electron chi connectivity index (χ3n) is 3.74. The van der Waals surface area contributed by atoms with E-state index in [4.69, 9.17) is 10.5 Å². The lowest BCUT2D eigenvalue weighted by molar-refractivity contribution is -0.155. The van der Waals surface area contributed by atoms with Gasteiger partial charge in [0.05, 0.1) is 24.0 Å². The highest BCUT2D eigenvalue weighted by Gasteiger charge is 2.39. The quantitative estimate of drug-likeness (QED) is 0.732. The molecule has 0 saturated carbocycles. The number of hydrogen-bond donors (Lipinski definition) is 1. The second kappa shape index (κ2) is 8.26. The van der Waals surface area contributed by atoms with Crippen LogP contribution in [-0.2, 0) is 19.1 Å². The lowest BCUT2D eigenvalue weighted by Crippen LogP contribution is -2.54. The number of likely N-dealkylation sites (tertiary alicyclic amines) is 1. The minimum atomic E-state index is -0.433. The Kier molecular flexibility index (Phi) is 7.01. The molecular formula is C14H24N2O4S. The van der Waals surface area contributed by atoms with Gasteiger partial charge in [0, 0.05) is 12.1 Å². The molecule has 1 aliphatic heterocycles. The molecule has 1 aliphatic rings. The van der Waals surface area contributed by atoms with Crippen LogP contribution < -0.4 is 5.73 Å². The second-order valence-electron chi connectivity index (χ2n) is 5.29. The Labute approximate surface area is 129 Å². The predicted octanol–water partition coefficient (Wildman–Crippen LogP) is 0.784. The monoisotopic (exact) mass is 316 g/mol. The van der Waals surface area contributed by atoms with Gasteiger partial charge in [-0.25, -0.2) is 0 Å². The highest BCUT2D eigenvalue weighted by atomic mass is 32.2. The van der Waals surface area contributed by atoms with Crippen molar-refractivity contribution in [1.29, 1.82) is 0 Å². The van der Waals surface area contributed by atoms with Crippen molar-refractivity contribution in [2.24, 2.45) is 11.7 Å². The molecule has 0 aromatic rings. The molecule has 7 heteroatoms. The molecule has 0 aromatic carbocycles. The summed E-state index contributed by atoms with van der Waals surface area (Å²) in [6, 6.07) is -0.0955. The summed E-state index contributed by atoms with van der Waals surface area (Å²) >= 11 is 1.21. The average molecular weight is 316 g/mol. The zero-order chi connectivity index (χ0) is 16.0. The van der Waals surface area contributed by atoms with Gasteiger partial charge in [-0.15, -0.1) is 11.8 Å². The third-order valence-corrected chi connectivity index (χ3v) is 4.68. The van der Waals surface area contributed by atoms with Crippen LogP contribution in [0.15, 0.2) is 0 Å². The summed E-state index contributed by atoms with van der Waals surface area (Å²) in [5.74, 6) is -0.672. The first-order valence-electron chi connectivity index (χ1n) is 7.22. The van der Waals surface area contributed by atoms with Crippen molar-refractivity contribution in [3.05, 3.63) is 0 Å². The number of piperidine rings is 1. The van der Waals surface area contributed by atoms with Gasteiger partial charge in [-0.1, -0.05) is 0 Å². The number of nitrogens with two attached hydrogens (primary N) is 1. The molecule has 1 saturated heterocycles. The molecule has 1 fully saturated rings. The van der Waals surface area contributed by atoms with Crippen LogP contribution in [0.3, 0.4) is 0 Å². The van der Waals surface area contributed by atoms with Crippen molar-refractivity contribution in [1.82, 2.24) is 4.90 Å². The molecule has 0 aromatic heterocycles. The number of thioether (sulfide) groups is 1. The number of hydrogen-bond acceptors (Lipinski definition) is 5. The van der Waals surface area contributed by atoms with Crippen molar-refractivity contribution in [3.8, 4) is 0 Å². The number of carbonyl (C=O) groups is 3. The predicted molar refractivity (Wildman–Crippen MR) is 81.6 cm³/mol. The van der Waals surface area contributed by atoms with Crippen LogP contribution in [0.5, 0.6) is 0 Å². The highest BCUT2D eigenvalue weighted by molar-refractivity contribution is 8.00. The van der Waals surface area contributed by atoms with Gasteiger partial charge in [0.15, 0.2) is 0 Å². The summed E-state index contributed by atoms with van der Waals surface area (Å²) in [6.07, 6.45) is 1.51. The molecule has 21 heavy (non-hydrogen) atoms. The van der Waals surface area contributed by atoms with E-state index in [1.165, 1.54) is 11.8 Å². The number of nitrogens with zero attached hydrogens (tertiary/aromatic N) is 1. The zero-order valence-electron chi connectivity index (χ0n) is 12.8. The van der Waals surface area contributed by atoms with Gasteiger partial charge < -0.3 is 15.4 Å². The zero-order valence-corrected chi connectivity index (χ0v) is 13.6. The average Bonchev–Trinajstić information content (AvgIpc) is 2.38. The van der Waals surface area contributed by atoms with Crippen LogP contribution in [0.25, 0.3) is 0 Å². The maximum atomic E-state index is 12.3. The van der Waals surface area contributed by atoms with E-state index in [0.717, 1.165) is 12.8 Å². The molecule has 2 amide bonds. The summed E-state index contributed by atoms with van der Waals surface area (Å²) in [5.41, 5.74) is 5.06. The van der Waals surface area contributed by atoms with E-state index in [-0.39, 0.29) is 41.4 Å². The third kappa shape index (κ3) is 4.91. The highest BCUT2D eigenvalue weighted by Crippen LogP contribution is 2.29. The molecule has 0 spiro atoms. The first-order chi connectivity index (χ1) is 9.88. The molecule has 2 N–H and O–H groups in total. The van der Waals surface area contributed by atoms with Crippen LogP contribution in [-0.4, -0.2) is 52.9 Å². The minimum absolute atomic E-state index is 0.0600. The molecule has 0 unspecified atom stereocenters. The molecule has 120 valence electrons. The van der Waals surface area contributed by atoms with Crippen LogP contribution in [0.2, 0.25) is 0 Å². The normalized spacial score (nSPS) is 25.5. The molecular weight excluding hydrogens is 292 g/mol. The fraction of sp³-hybridized carbons (Fsp3) is 0.786. The first-order valence-corrected chi connectivity index (χ1v) is 8.37. The van der Waals surface area contributed by atoms with Crippen molar-refractivity contribution < 1.29 is 19.1 Å². The van der Waals surface area contributed by atoms with E-state index in [1.807, 2.05) is 13.8 Å². The topological polar surface area (TPSA) is 89.7 Å². The van der Waals surface area contributed by atoms with E-state index in [1.54, 1.807) is 11.8 Å². The fourth-order valence-corrected chi connectivity index (χ4v) is 3.37. The number of rotatable bonds is 6.